The summed E-state index contributed by atoms with van der Waals surface area (Å²) in [4.78, 5) is 25.6. The molecule has 0 bridgehead atoms. The summed E-state index contributed by atoms with van der Waals surface area (Å²) in [6.45, 7) is 1.92. The van der Waals surface area contributed by atoms with Gasteiger partial charge in [0.1, 0.15) is 12.4 Å². The first-order valence-electron chi connectivity index (χ1n) is 8.21. The Kier molecular flexibility index (Phi) is 7.64. The first kappa shape index (κ1) is 20.0. The molecule has 144 valence electrons. The molecule has 1 saturated heterocycles. The predicted octanol–water partition coefficient (Wildman–Crippen LogP) is 1.16. The van der Waals surface area contributed by atoms with Gasteiger partial charge in [0.2, 0.25) is 5.91 Å². The Balaban J connectivity index is 1.98. The minimum atomic E-state index is -0.319. The monoisotopic (exact) mass is 367 g/mol. The van der Waals surface area contributed by atoms with Gasteiger partial charge in [0.25, 0.3) is 0 Å². The highest BCUT2D eigenvalue weighted by molar-refractivity contribution is 5.95. The standard InChI is InChI=1S/C17H25N3O6/c1-20(9-13-10-25-6-7-26-13)17(22)18-12-4-5-15(24-3)14(8-12)19-16(21)11-23-2/h4-5,8,13H,6-7,9-11H2,1-3H3,(H,18,22)(H,19,21)/t13-/m1/s1. The molecular formula is C17H25N3O6. The summed E-state index contributed by atoms with van der Waals surface area (Å²) in [5, 5.41) is 5.46. The SMILES string of the molecule is COCC(=O)Nc1cc(NC(=O)N(C)C[C@@H]2COCCO2)ccc1OC. The Morgan fingerprint density at radius 3 is 2.73 bits per heavy atom. The first-order chi connectivity index (χ1) is 12.5. The number of amides is 3. The van der Waals surface area contributed by atoms with Crippen molar-refractivity contribution in [1.29, 1.82) is 0 Å². The normalized spacial score (nSPS) is 16.7. The van der Waals surface area contributed by atoms with Crippen molar-refractivity contribution in [2.45, 2.75) is 6.10 Å². The molecule has 1 aliphatic heterocycles. The highest BCUT2D eigenvalue weighted by Crippen LogP contribution is 2.28. The highest BCUT2D eigenvalue weighted by Gasteiger charge is 2.19. The molecule has 0 unspecified atom stereocenters. The van der Waals surface area contributed by atoms with Gasteiger partial charge in [0.15, 0.2) is 0 Å². The number of anilines is 2. The van der Waals surface area contributed by atoms with Gasteiger partial charge in [-0.15, -0.1) is 0 Å². The van der Waals surface area contributed by atoms with Gasteiger partial charge in [-0.3, -0.25) is 4.79 Å². The third kappa shape index (κ3) is 5.87. The number of methoxy groups -OCH3 is 2. The number of hydrogen-bond donors (Lipinski definition) is 2. The molecule has 1 aromatic rings. The summed E-state index contributed by atoms with van der Waals surface area (Å²) in [6, 6.07) is 4.68. The molecule has 0 saturated carbocycles. The van der Waals surface area contributed by atoms with E-state index in [1.165, 1.54) is 19.1 Å². The highest BCUT2D eigenvalue weighted by atomic mass is 16.6. The Hall–Kier alpha value is -2.36. The number of likely N-dealkylation sites (N-methyl/N-ethyl adjacent to an activating group) is 1. The van der Waals surface area contributed by atoms with Crippen molar-refractivity contribution >= 4 is 23.3 Å². The van der Waals surface area contributed by atoms with Gasteiger partial charge in [0, 0.05) is 19.8 Å². The maximum absolute atomic E-state index is 12.4. The van der Waals surface area contributed by atoms with Crippen LogP contribution in [0, 0.1) is 0 Å². The van der Waals surface area contributed by atoms with Crippen molar-refractivity contribution in [3.05, 3.63) is 18.2 Å². The Morgan fingerprint density at radius 1 is 1.27 bits per heavy atom. The van der Waals surface area contributed by atoms with Crippen LogP contribution in [0.3, 0.4) is 0 Å². The number of rotatable bonds is 7. The lowest BCUT2D eigenvalue weighted by Gasteiger charge is -2.27. The zero-order valence-corrected chi connectivity index (χ0v) is 15.2. The lowest BCUT2D eigenvalue weighted by Crippen LogP contribution is -2.42. The number of nitrogens with one attached hydrogen (secondary N) is 2. The molecular weight excluding hydrogens is 342 g/mol. The van der Waals surface area contributed by atoms with E-state index >= 15 is 0 Å². The van der Waals surface area contributed by atoms with E-state index in [2.05, 4.69) is 10.6 Å². The fraction of sp³-hybridized carbons (Fsp3) is 0.529. The lowest BCUT2D eigenvalue weighted by molar-refractivity contribution is -0.119. The largest absolute Gasteiger partial charge is 0.495 e. The number of ether oxygens (including phenoxy) is 4. The second-order valence-corrected chi connectivity index (χ2v) is 5.77. The van der Waals surface area contributed by atoms with Crippen LogP contribution in [-0.2, 0) is 19.0 Å². The molecule has 0 aliphatic carbocycles. The van der Waals surface area contributed by atoms with E-state index in [1.54, 1.807) is 25.2 Å². The van der Waals surface area contributed by atoms with E-state index in [4.69, 9.17) is 18.9 Å². The second-order valence-electron chi connectivity index (χ2n) is 5.77. The van der Waals surface area contributed by atoms with Gasteiger partial charge in [-0.1, -0.05) is 0 Å². The number of benzene rings is 1. The molecule has 9 heteroatoms. The summed E-state index contributed by atoms with van der Waals surface area (Å²) in [5.74, 6) is 0.161. The number of nitrogens with zero attached hydrogens (tertiary/aromatic N) is 1. The molecule has 1 aliphatic rings. The lowest BCUT2D eigenvalue weighted by atomic mass is 10.2. The Labute approximate surface area is 152 Å². The fourth-order valence-electron chi connectivity index (χ4n) is 2.45. The summed E-state index contributed by atoms with van der Waals surface area (Å²) in [5.41, 5.74) is 0.968. The summed E-state index contributed by atoms with van der Waals surface area (Å²) in [6.07, 6.45) is -0.140. The number of carbonyl (C=O) groups is 2. The quantitative estimate of drug-likeness (QED) is 0.750. The molecule has 0 spiro atoms. The maximum atomic E-state index is 12.4. The first-order valence-corrected chi connectivity index (χ1v) is 8.21. The third-order valence-electron chi connectivity index (χ3n) is 3.71. The molecule has 9 nitrogen and oxygen atoms in total. The van der Waals surface area contributed by atoms with Crippen molar-refractivity contribution in [1.82, 2.24) is 4.90 Å². The number of hydrogen-bond acceptors (Lipinski definition) is 6. The van der Waals surface area contributed by atoms with Crippen LogP contribution in [0.15, 0.2) is 18.2 Å². The van der Waals surface area contributed by atoms with Crippen molar-refractivity contribution in [2.24, 2.45) is 0 Å². The van der Waals surface area contributed by atoms with Crippen LogP contribution in [0.2, 0.25) is 0 Å². The smallest absolute Gasteiger partial charge is 0.321 e. The van der Waals surface area contributed by atoms with Crippen molar-refractivity contribution < 1.29 is 28.5 Å². The van der Waals surface area contributed by atoms with Crippen LogP contribution in [0.4, 0.5) is 16.2 Å². The van der Waals surface area contributed by atoms with E-state index in [0.717, 1.165) is 0 Å². The molecule has 1 heterocycles. The molecule has 3 amide bonds. The third-order valence-corrected chi connectivity index (χ3v) is 3.71. The van der Waals surface area contributed by atoms with Crippen LogP contribution in [0.25, 0.3) is 0 Å². The van der Waals surface area contributed by atoms with E-state index in [-0.39, 0.29) is 24.6 Å². The van der Waals surface area contributed by atoms with Crippen LogP contribution in [0.5, 0.6) is 5.75 Å². The van der Waals surface area contributed by atoms with Crippen molar-refractivity contribution in [3.63, 3.8) is 0 Å². The minimum absolute atomic E-state index is 0.0774. The average Bonchev–Trinajstić information content (AvgIpc) is 2.63. The Bertz CT molecular complexity index is 619. The van der Waals surface area contributed by atoms with E-state index in [1.807, 2.05) is 0 Å². The van der Waals surface area contributed by atoms with E-state index < -0.39 is 0 Å². The van der Waals surface area contributed by atoms with Crippen molar-refractivity contribution in [2.75, 3.05) is 64.9 Å². The van der Waals surface area contributed by atoms with E-state index in [0.29, 0.717) is 43.5 Å². The minimum Gasteiger partial charge on any atom is -0.495 e. The fourth-order valence-corrected chi connectivity index (χ4v) is 2.45. The maximum Gasteiger partial charge on any atom is 0.321 e. The summed E-state index contributed by atoms with van der Waals surface area (Å²) >= 11 is 0. The zero-order chi connectivity index (χ0) is 18.9. The van der Waals surface area contributed by atoms with Gasteiger partial charge in [0.05, 0.1) is 45.3 Å². The van der Waals surface area contributed by atoms with Gasteiger partial charge < -0.3 is 34.5 Å². The zero-order valence-electron chi connectivity index (χ0n) is 15.2. The van der Waals surface area contributed by atoms with Crippen LogP contribution < -0.4 is 15.4 Å². The van der Waals surface area contributed by atoms with Gasteiger partial charge in [-0.05, 0) is 18.2 Å². The molecule has 1 atom stereocenters. The van der Waals surface area contributed by atoms with Gasteiger partial charge in [-0.25, -0.2) is 4.79 Å². The molecule has 26 heavy (non-hydrogen) atoms. The molecule has 0 radical (unpaired) electrons. The van der Waals surface area contributed by atoms with Gasteiger partial charge in [-0.2, -0.15) is 0 Å². The summed E-state index contributed by atoms with van der Waals surface area (Å²) in [7, 11) is 4.61. The summed E-state index contributed by atoms with van der Waals surface area (Å²) < 4.78 is 20.9. The number of carbonyl (C=O) groups excluding carboxylic acids is 2. The van der Waals surface area contributed by atoms with Crippen molar-refractivity contribution in [3.8, 4) is 5.75 Å². The number of urea groups is 1. The molecule has 1 fully saturated rings. The average molecular weight is 367 g/mol. The molecule has 0 aromatic heterocycles. The van der Waals surface area contributed by atoms with Gasteiger partial charge >= 0.3 is 6.03 Å². The van der Waals surface area contributed by atoms with Crippen LogP contribution in [-0.4, -0.2) is 77.2 Å². The molecule has 1 aromatic carbocycles. The predicted molar refractivity (Wildman–Crippen MR) is 95.7 cm³/mol. The van der Waals surface area contributed by atoms with E-state index in [9.17, 15) is 9.59 Å². The Morgan fingerprint density at radius 2 is 2.08 bits per heavy atom. The topological polar surface area (TPSA) is 98.4 Å². The van der Waals surface area contributed by atoms with Crippen LogP contribution in [0.1, 0.15) is 0 Å². The molecule has 2 N–H and O–H groups in total. The van der Waals surface area contributed by atoms with Crippen LogP contribution >= 0.6 is 0 Å². The molecule has 2 rings (SSSR count). The second kappa shape index (κ2) is 9.95.